The fourth-order valence-corrected chi connectivity index (χ4v) is 5.77. The molecule has 0 aliphatic rings. The zero-order chi connectivity index (χ0) is 24.2. The second kappa shape index (κ2) is 10.5. The quantitative estimate of drug-likeness (QED) is 0.484. The molecule has 0 saturated carbocycles. The lowest BCUT2D eigenvalue weighted by Gasteiger charge is -2.24. The van der Waals surface area contributed by atoms with Crippen LogP contribution in [-0.2, 0) is 27.9 Å². The van der Waals surface area contributed by atoms with E-state index in [-0.39, 0.29) is 23.9 Å². The van der Waals surface area contributed by atoms with Crippen LogP contribution in [0, 0.1) is 27.7 Å². The van der Waals surface area contributed by atoms with E-state index in [0.717, 1.165) is 22.3 Å². The minimum absolute atomic E-state index is 0.0597. The Bertz CT molecular complexity index is 1210. The molecule has 0 aromatic heterocycles. The Morgan fingerprint density at radius 3 is 1.97 bits per heavy atom. The van der Waals surface area contributed by atoms with Crippen molar-refractivity contribution in [2.45, 2.75) is 45.7 Å². The highest BCUT2D eigenvalue weighted by molar-refractivity contribution is 7.89. The lowest BCUT2D eigenvalue weighted by Crippen LogP contribution is -2.40. The van der Waals surface area contributed by atoms with Crippen LogP contribution in [0.25, 0.3) is 0 Å². The van der Waals surface area contributed by atoms with Crippen LogP contribution in [0.3, 0.4) is 0 Å². The maximum absolute atomic E-state index is 13.7. The van der Waals surface area contributed by atoms with Gasteiger partial charge < -0.3 is 5.32 Å². The summed E-state index contributed by atoms with van der Waals surface area (Å²) in [5.41, 5.74) is 5.14. The predicted molar refractivity (Wildman–Crippen MR) is 133 cm³/mol. The molecule has 0 saturated heterocycles. The fraction of sp³-hybridized carbons (Fsp3) is 0.269. The first-order chi connectivity index (χ1) is 15.6. The second-order valence-electron chi connectivity index (χ2n) is 8.39. The first-order valence-corrected chi connectivity index (χ1v) is 12.5. The highest BCUT2D eigenvalue weighted by atomic mass is 35.5. The van der Waals surface area contributed by atoms with Crippen molar-refractivity contribution in [3.8, 4) is 0 Å². The fourth-order valence-electron chi connectivity index (χ4n) is 3.84. The van der Waals surface area contributed by atoms with Gasteiger partial charge in [0.15, 0.2) is 0 Å². The van der Waals surface area contributed by atoms with E-state index in [1.807, 2.05) is 50.2 Å². The number of carbonyl (C=O) groups is 1. The number of hydrogen-bond donors (Lipinski definition) is 1. The molecule has 0 bridgehead atoms. The van der Waals surface area contributed by atoms with Crippen LogP contribution in [0.2, 0.25) is 5.02 Å². The summed E-state index contributed by atoms with van der Waals surface area (Å²) in [5, 5.41) is 3.40. The Morgan fingerprint density at radius 1 is 0.848 bits per heavy atom. The molecule has 0 heterocycles. The summed E-state index contributed by atoms with van der Waals surface area (Å²) in [6.07, 6.45) is 0. The van der Waals surface area contributed by atoms with Crippen LogP contribution < -0.4 is 5.32 Å². The third-order valence-electron chi connectivity index (χ3n) is 5.40. The molecule has 0 spiro atoms. The van der Waals surface area contributed by atoms with Crippen LogP contribution in [0.5, 0.6) is 0 Å². The number of halogens is 1. The van der Waals surface area contributed by atoms with Gasteiger partial charge in [-0.2, -0.15) is 4.31 Å². The normalized spacial score (nSPS) is 11.6. The van der Waals surface area contributed by atoms with E-state index in [0.29, 0.717) is 22.7 Å². The molecule has 174 valence electrons. The highest BCUT2D eigenvalue weighted by Gasteiger charge is 2.30. The molecule has 5 nitrogen and oxygen atoms in total. The van der Waals surface area contributed by atoms with E-state index in [4.69, 9.17) is 11.6 Å². The van der Waals surface area contributed by atoms with Crippen LogP contribution in [0.4, 0.5) is 0 Å². The molecule has 3 rings (SSSR count). The number of rotatable bonds is 8. The Balaban J connectivity index is 1.87. The molecular weight excluding hydrogens is 456 g/mol. The summed E-state index contributed by atoms with van der Waals surface area (Å²) in [6.45, 7) is 7.59. The first-order valence-electron chi connectivity index (χ1n) is 10.7. The van der Waals surface area contributed by atoms with Crippen molar-refractivity contribution in [1.29, 1.82) is 0 Å². The molecule has 0 radical (unpaired) electrons. The standard InChI is InChI=1S/C26H29ClN2O3S/c1-18-5-7-22(8-6-18)15-28-25(30)17-29(16-23-9-11-24(27)12-10-23)33(31,32)26-20(3)13-19(2)14-21(26)4/h5-14H,15-17H2,1-4H3,(H,28,30). The van der Waals surface area contributed by atoms with E-state index in [9.17, 15) is 13.2 Å². The van der Waals surface area contributed by atoms with E-state index in [2.05, 4.69) is 5.32 Å². The van der Waals surface area contributed by atoms with Crippen molar-refractivity contribution in [2.75, 3.05) is 6.54 Å². The Hall–Kier alpha value is -2.67. The van der Waals surface area contributed by atoms with Gasteiger partial charge in [-0.1, -0.05) is 71.3 Å². The van der Waals surface area contributed by atoms with Gasteiger partial charge in [-0.25, -0.2) is 8.42 Å². The van der Waals surface area contributed by atoms with E-state index >= 15 is 0 Å². The average Bonchev–Trinajstić information content (AvgIpc) is 2.73. The van der Waals surface area contributed by atoms with Crippen molar-refractivity contribution in [3.63, 3.8) is 0 Å². The number of nitrogens with zero attached hydrogens (tertiary/aromatic N) is 1. The average molecular weight is 485 g/mol. The summed E-state index contributed by atoms with van der Waals surface area (Å²) >= 11 is 5.99. The molecule has 1 N–H and O–H groups in total. The van der Waals surface area contributed by atoms with Gasteiger partial charge >= 0.3 is 0 Å². The number of hydrogen-bond acceptors (Lipinski definition) is 3. The van der Waals surface area contributed by atoms with Crippen LogP contribution >= 0.6 is 11.6 Å². The smallest absolute Gasteiger partial charge is 0.244 e. The van der Waals surface area contributed by atoms with Gasteiger partial charge in [-0.15, -0.1) is 0 Å². The molecule has 0 atom stereocenters. The van der Waals surface area contributed by atoms with Crippen LogP contribution in [0.1, 0.15) is 33.4 Å². The second-order valence-corrected chi connectivity index (χ2v) is 10.7. The molecule has 0 aliphatic heterocycles. The largest absolute Gasteiger partial charge is 0.351 e. The van der Waals surface area contributed by atoms with Gasteiger partial charge in [0, 0.05) is 18.1 Å². The Labute approximate surface area is 201 Å². The topological polar surface area (TPSA) is 66.5 Å². The molecule has 3 aromatic rings. The van der Waals surface area contributed by atoms with Crippen molar-refractivity contribution in [2.24, 2.45) is 0 Å². The summed E-state index contributed by atoms with van der Waals surface area (Å²) in [5.74, 6) is -0.365. The monoisotopic (exact) mass is 484 g/mol. The molecule has 3 aromatic carbocycles. The SMILES string of the molecule is Cc1ccc(CNC(=O)CN(Cc2ccc(Cl)cc2)S(=O)(=O)c2c(C)cc(C)cc2C)cc1. The van der Waals surface area contributed by atoms with Crippen molar-refractivity contribution < 1.29 is 13.2 Å². The van der Waals surface area contributed by atoms with Gasteiger partial charge in [-0.3, -0.25) is 4.79 Å². The summed E-state index contributed by atoms with van der Waals surface area (Å²) in [7, 11) is -3.93. The van der Waals surface area contributed by atoms with Crippen LogP contribution in [0.15, 0.2) is 65.6 Å². The zero-order valence-corrected chi connectivity index (χ0v) is 20.9. The maximum Gasteiger partial charge on any atom is 0.244 e. The maximum atomic E-state index is 13.7. The van der Waals surface area contributed by atoms with Gasteiger partial charge in [0.05, 0.1) is 11.4 Å². The first kappa shape index (κ1) is 25.0. The highest BCUT2D eigenvalue weighted by Crippen LogP contribution is 2.26. The van der Waals surface area contributed by atoms with Gasteiger partial charge in [-0.05, 0) is 62.1 Å². The molecule has 7 heteroatoms. The lowest BCUT2D eigenvalue weighted by molar-refractivity contribution is -0.121. The molecule has 0 fully saturated rings. The Morgan fingerprint density at radius 2 is 1.39 bits per heavy atom. The number of amides is 1. The van der Waals surface area contributed by atoms with E-state index in [1.165, 1.54) is 4.31 Å². The molecule has 33 heavy (non-hydrogen) atoms. The number of carbonyl (C=O) groups excluding carboxylic acids is 1. The summed E-state index contributed by atoms with van der Waals surface area (Å²) in [4.78, 5) is 13.0. The number of nitrogens with one attached hydrogen (secondary N) is 1. The molecule has 0 unspecified atom stereocenters. The van der Waals surface area contributed by atoms with Crippen molar-refractivity contribution in [1.82, 2.24) is 9.62 Å². The molecule has 1 amide bonds. The molecular formula is C26H29ClN2O3S. The lowest BCUT2D eigenvalue weighted by atomic mass is 10.1. The minimum Gasteiger partial charge on any atom is -0.351 e. The zero-order valence-electron chi connectivity index (χ0n) is 19.4. The van der Waals surface area contributed by atoms with Crippen molar-refractivity contribution >= 4 is 27.5 Å². The number of benzene rings is 3. The Kier molecular flexibility index (Phi) is 7.95. The number of aryl methyl sites for hydroxylation is 4. The van der Waals surface area contributed by atoms with E-state index in [1.54, 1.807) is 38.1 Å². The van der Waals surface area contributed by atoms with Crippen LogP contribution in [-0.4, -0.2) is 25.2 Å². The predicted octanol–water partition coefficient (Wildman–Crippen LogP) is 5.08. The third-order valence-corrected chi connectivity index (χ3v) is 7.75. The third kappa shape index (κ3) is 6.44. The summed E-state index contributed by atoms with van der Waals surface area (Å²) < 4.78 is 28.7. The van der Waals surface area contributed by atoms with Gasteiger partial charge in [0.2, 0.25) is 15.9 Å². The van der Waals surface area contributed by atoms with Gasteiger partial charge in [0.25, 0.3) is 0 Å². The van der Waals surface area contributed by atoms with E-state index < -0.39 is 10.0 Å². The van der Waals surface area contributed by atoms with Crippen molar-refractivity contribution in [3.05, 3.63) is 99.1 Å². The van der Waals surface area contributed by atoms with Gasteiger partial charge in [0.1, 0.15) is 0 Å². The number of sulfonamides is 1. The summed E-state index contributed by atoms with van der Waals surface area (Å²) in [6, 6.07) is 18.5. The minimum atomic E-state index is -3.93. The molecule has 0 aliphatic carbocycles.